The van der Waals surface area contributed by atoms with Gasteiger partial charge in [0.2, 0.25) is 0 Å². The van der Waals surface area contributed by atoms with Gasteiger partial charge in [-0.05, 0) is 42.2 Å². The Kier molecular flexibility index (Phi) is 6.60. The van der Waals surface area contributed by atoms with Crippen molar-refractivity contribution in [3.63, 3.8) is 0 Å². The van der Waals surface area contributed by atoms with Crippen LogP contribution in [0.2, 0.25) is 5.02 Å². The summed E-state index contributed by atoms with van der Waals surface area (Å²) in [6.07, 6.45) is -1.77. The molecule has 0 aliphatic carbocycles. The Morgan fingerprint density at radius 1 is 1.43 bits per heavy atom. The van der Waals surface area contributed by atoms with Crippen LogP contribution in [0.15, 0.2) is 21.6 Å². The summed E-state index contributed by atoms with van der Waals surface area (Å²) in [5, 5.41) is 10.5. The van der Waals surface area contributed by atoms with Crippen LogP contribution in [0.4, 0.5) is 17.6 Å². The number of ether oxygens (including phenoxy) is 2. The number of aliphatic hydroxyl groups is 1. The lowest BCUT2D eigenvalue weighted by molar-refractivity contribution is 0.0227. The quantitative estimate of drug-likeness (QED) is 0.411. The zero-order chi connectivity index (χ0) is 25.1. The van der Waals surface area contributed by atoms with Gasteiger partial charge in [0.25, 0.3) is 6.43 Å². The molecule has 4 aliphatic heterocycles. The van der Waals surface area contributed by atoms with Gasteiger partial charge in [-0.15, -0.1) is 0 Å². The average molecular weight is 584 g/mol. The third-order valence-electron chi connectivity index (χ3n) is 6.90. The average Bonchev–Trinajstić information content (AvgIpc) is 3.26. The molecule has 0 radical (unpaired) electrons. The zero-order valence-corrected chi connectivity index (χ0v) is 21.1. The molecular formula is C22H24BrClF4N4O3. The molecule has 13 heteroatoms. The van der Waals surface area contributed by atoms with E-state index in [4.69, 9.17) is 21.1 Å². The van der Waals surface area contributed by atoms with Crippen LogP contribution in [0.25, 0.3) is 5.82 Å². The van der Waals surface area contributed by atoms with Gasteiger partial charge in [0.1, 0.15) is 31.5 Å². The Balaban J connectivity index is 1.61. The molecule has 192 valence electrons. The van der Waals surface area contributed by atoms with Crippen molar-refractivity contribution in [3.8, 4) is 5.75 Å². The van der Waals surface area contributed by atoms with Crippen molar-refractivity contribution < 1.29 is 32.1 Å². The maximum atomic E-state index is 15.4. The highest BCUT2D eigenvalue weighted by molar-refractivity contribution is 9.10. The van der Waals surface area contributed by atoms with Gasteiger partial charge in [-0.25, -0.2) is 17.6 Å². The third kappa shape index (κ3) is 4.25. The molecule has 1 unspecified atom stereocenters. The number of halogens is 6. The molecule has 4 aliphatic rings. The van der Waals surface area contributed by atoms with Gasteiger partial charge in [0, 0.05) is 13.0 Å². The molecule has 0 saturated carbocycles. The molecule has 0 spiro atoms. The second-order valence-electron chi connectivity index (χ2n) is 9.18. The van der Waals surface area contributed by atoms with Crippen LogP contribution in [0, 0.1) is 5.82 Å². The summed E-state index contributed by atoms with van der Waals surface area (Å²) in [6, 6.07) is 0. The Hall–Kier alpha value is -1.76. The molecule has 0 aromatic heterocycles. The topological polar surface area (TPSA) is 60.8 Å². The van der Waals surface area contributed by atoms with Crippen molar-refractivity contribution in [3.05, 3.63) is 38.0 Å². The molecule has 4 heterocycles. The lowest BCUT2D eigenvalue weighted by Gasteiger charge is -2.36. The van der Waals surface area contributed by atoms with Gasteiger partial charge in [-0.3, -0.25) is 9.89 Å². The summed E-state index contributed by atoms with van der Waals surface area (Å²) in [5.41, 5.74) is -0.530. The maximum Gasteiger partial charge on any atom is 0.302 e. The van der Waals surface area contributed by atoms with Crippen LogP contribution >= 0.6 is 27.5 Å². The highest BCUT2D eigenvalue weighted by atomic mass is 79.9. The van der Waals surface area contributed by atoms with E-state index >= 15 is 4.39 Å². The smallest absolute Gasteiger partial charge is 0.302 e. The first-order valence-corrected chi connectivity index (χ1v) is 12.4. The minimum atomic E-state index is -2.78. The molecular weight excluding hydrogens is 560 g/mol. The fourth-order valence-electron chi connectivity index (χ4n) is 5.36. The van der Waals surface area contributed by atoms with Crippen molar-refractivity contribution in [1.82, 2.24) is 14.7 Å². The summed E-state index contributed by atoms with van der Waals surface area (Å²) in [5.74, 6) is -1.35. The Morgan fingerprint density at radius 2 is 2.20 bits per heavy atom. The summed E-state index contributed by atoms with van der Waals surface area (Å²) >= 11 is 9.45. The predicted octanol–water partition coefficient (Wildman–Crippen LogP) is 2.89. The van der Waals surface area contributed by atoms with Gasteiger partial charge in [0.15, 0.2) is 11.6 Å². The maximum absolute atomic E-state index is 15.4. The summed E-state index contributed by atoms with van der Waals surface area (Å²) < 4.78 is 68.6. The van der Waals surface area contributed by atoms with Gasteiger partial charge < -0.3 is 24.4 Å². The number of hydrogen-bond acceptors (Lipinski definition) is 7. The second-order valence-corrected chi connectivity index (χ2v) is 10.3. The molecule has 2 saturated heterocycles. The largest absolute Gasteiger partial charge is 0.462 e. The Morgan fingerprint density at radius 3 is 2.91 bits per heavy atom. The van der Waals surface area contributed by atoms with Crippen LogP contribution in [0.1, 0.15) is 26.2 Å². The fraction of sp³-hybridized carbons (Fsp3) is 0.591. The van der Waals surface area contributed by atoms with Crippen LogP contribution in [0.5, 0.6) is 5.75 Å². The molecule has 2 fully saturated rings. The minimum Gasteiger partial charge on any atom is -0.462 e. The lowest BCUT2D eigenvalue weighted by atomic mass is 9.95. The van der Waals surface area contributed by atoms with Gasteiger partial charge in [-0.1, -0.05) is 11.6 Å². The normalized spacial score (nSPS) is 26.7. The standard InChI is InChI=1S/C22H24BrClF4N4O3/c1-11(33)32-10-29-19-15-20(18(28)16(23)17(19)24)35-14(8-30(21(15)32)7-13(26)27)34-9-22-3-2-4-31(22)6-12(25)5-22/h8,11-13,33H,2-7,9-10H2,1H3/t11?,12-,22+/m1/s1. The Labute approximate surface area is 212 Å². The number of hydrogen-bond donors (Lipinski definition) is 1. The highest BCUT2D eigenvalue weighted by Crippen LogP contribution is 2.41. The molecule has 3 atom stereocenters. The number of aliphatic hydroxyl groups excluding tert-OH is 1. The first-order chi connectivity index (χ1) is 16.6. The SMILES string of the molecule is CC(O)N1CN=c2c(Cl)c(Br)c(F)c3c2=C1N(CC(F)F)C=C(OC[C@@]12CCCN1C[C@H](F)C2)O3. The van der Waals surface area contributed by atoms with Crippen molar-refractivity contribution >= 4 is 33.4 Å². The van der Waals surface area contributed by atoms with Gasteiger partial charge in [0.05, 0.1) is 38.4 Å². The number of benzene rings is 1. The summed E-state index contributed by atoms with van der Waals surface area (Å²) in [6.45, 7) is 1.68. The van der Waals surface area contributed by atoms with Crippen molar-refractivity contribution in [2.24, 2.45) is 4.99 Å². The second kappa shape index (κ2) is 9.28. The fourth-order valence-corrected chi connectivity index (χ4v) is 5.97. The van der Waals surface area contributed by atoms with E-state index in [9.17, 15) is 18.3 Å². The zero-order valence-electron chi connectivity index (χ0n) is 18.8. The molecule has 1 N–H and O–H groups in total. The number of rotatable bonds is 6. The minimum absolute atomic E-state index is 0.0312. The number of fused-ring (bicyclic) bond motifs is 1. The molecule has 35 heavy (non-hydrogen) atoms. The van der Waals surface area contributed by atoms with Crippen LogP contribution < -0.4 is 15.3 Å². The molecule has 1 aromatic carbocycles. The summed E-state index contributed by atoms with van der Waals surface area (Å²) in [4.78, 5) is 8.86. The molecule has 0 amide bonds. The van der Waals surface area contributed by atoms with Crippen molar-refractivity contribution in [2.75, 3.05) is 32.9 Å². The van der Waals surface area contributed by atoms with Gasteiger partial charge in [-0.2, -0.15) is 0 Å². The van der Waals surface area contributed by atoms with Crippen LogP contribution in [-0.2, 0) is 4.74 Å². The predicted molar refractivity (Wildman–Crippen MR) is 122 cm³/mol. The molecule has 7 nitrogen and oxygen atoms in total. The van der Waals surface area contributed by atoms with E-state index < -0.39 is 36.7 Å². The van der Waals surface area contributed by atoms with E-state index in [2.05, 4.69) is 20.9 Å². The first-order valence-electron chi connectivity index (χ1n) is 11.3. The van der Waals surface area contributed by atoms with Crippen LogP contribution in [-0.4, -0.2) is 77.1 Å². The van der Waals surface area contributed by atoms with E-state index in [1.165, 1.54) is 18.0 Å². The van der Waals surface area contributed by atoms with E-state index in [1.807, 2.05) is 4.90 Å². The Bertz CT molecular complexity index is 1190. The van der Waals surface area contributed by atoms with E-state index in [0.717, 1.165) is 24.3 Å². The number of alkyl halides is 3. The first kappa shape index (κ1) is 24.9. The van der Waals surface area contributed by atoms with E-state index in [-0.39, 0.29) is 50.9 Å². The van der Waals surface area contributed by atoms with E-state index in [0.29, 0.717) is 13.0 Å². The number of nitrogens with zero attached hydrogens (tertiary/aromatic N) is 4. The third-order valence-corrected chi connectivity index (χ3v) is 8.24. The molecule has 5 rings (SSSR count). The van der Waals surface area contributed by atoms with Crippen molar-refractivity contribution in [2.45, 2.75) is 50.6 Å². The monoisotopic (exact) mass is 582 g/mol. The van der Waals surface area contributed by atoms with E-state index in [1.54, 1.807) is 0 Å². The summed E-state index contributed by atoms with van der Waals surface area (Å²) in [7, 11) is 0. The van der Waals surface area contributed by atoms with Gasteiger partial charge >= 0.3 is 5.95 Å². The highest BCUT2D eigenvalue weighted by Gasteiger charge is 2.49. The molecule has 0 bridgehead atoms. The lowest BCUT2D eigenvalue weighted by Crippen LogP contribution is -2.49. The van der Waals surface area contributed by atoms with Crippen LogP contribution in [0.3, 0.4) is 0 Å². The van der Waals surface area contributed by atoms with Crippen molar-refractivity contribution in [1.29, 1.82) is 0 Å². The molecule has 1 aromatic rings.